The van der Waals surface area contributed by atoms with Crippen LogP contribution >= 0.6 is 0 Å². The summed E-state index contributed by atoms with van der Waals surface area (Å²) in [6, 6.07) is 15.9. The minimum atomic E-state index is -0.262. The van der Waals surface area contributed by atoms with E-state index in [1.165, 1.54) is 12.1 Å². The van der Waals surface area contributed by atoms with Crippen molar-refractivity contribution in [1.29, 1.82) is 0 Å². The van der Waals surface area contributed by atoms with Crippen LogP contribution in [0.5, 0.6) is 5.75 Å². The Morgan fingerprint density at radius 2 is 1.74 bits per heavy atom. The summed E-state index contributed by atoms with van der Waals surface area (Å²) in [5.74, 6) is 0.393. The van der Waals surface area contributed by atoms with Gasteiger partial charge < -0.3 is 4.74 Å². The highest BCUT2D eigenvalue weighted by molar-refractivity contribution is 5.81. The maximum absolute atomic E-state index is 12.8. The van der Waals surface area contributed by atoms with Crippen LogP contribution in [0.1, 0.15) is 5.56 Å². The molecule has 0 saturated carbocycles. The molecular formula is C16H12FNO. The van der Waals surface area contributed by atoms with Gasteiger partial charge in [0, 0.05) is 17.1 Å². The lowest BCUT2D eigenvalue weighted by Crippen LogP contribution is -1.97. The number of halogens is 1. The van der Waals surface area contributed by atoms with Crippen molar-refractivity contribution in [2.75, 3.05) is 0 Å². The van der Waals surface area contributed by atoms with Crippen molar-refractivity contribution in [2.45, 2.75) is 6.61 Å². The predicted molar refractivity (Wildman–Crippen MR) is 72.5 cm³/mol. The summed E-state index contributed by atoms with van der Waals surface area (Å²) in [5.41, 5.74) is 2.01. The van der Waals surface area contributed by atoms with Gasteiger partial charge in [-0.25, -0.2) is 4.39 Å². The first-order valence-corrected chi connectivity index (χ1v) is 6.04. The van der Waals surface area contributed by atoms with Crippen LogP contribution < -0.4 is 4.74 Å². The number of pyridine rings is 1. The van der Waals surface area contributed by atoms with Crippen molar-refractivity contribution in [1.82, 2.24) is 4.98 Å². The first-order valence-electron chi connectivity index (χ1n) is 6.04. The van der Waals surface area contributed by atoms with Gasteiger partial charge in [-0.05, 0) is 36.4 Å². The van der Waals surface area contributed by atoms with Crippen LogP contribution in [0.15, 0.2) is 60.8 Å². The number of benzene rings is 2. The molecule has 19 heavy (non-hydrogen) atoms. The predicted octanol–water partition coefficient (Wildman–Crippen LogP) is 3.95. The second-order valence-corrected chi connectivity index (χ2v) is 4.23. The summed E-state index contributed by atoms with van der Waals surface area (Å²) >= 11 is 0. The molecule has 0 radical (unpaired) electrons. The molecule has 1 heterocycles. The third-order valence-corrected chi connectivity index (χ3v) is 2.95. The molecule has 3 rings (SSSR count). The zero-order valence-electron chi connectivity index (χ0n) is 10.2. The number of hydrogen-bond acceptors (Lipinski definition) is 2. The molecule has 3 heteroatoms. The van der Waals surface area contributed by atoms with E-state index in [9.17, 15) is 4.39 Å². The van der Waals surface area contributed by atoms with Gasteiger partial charge in [-0.3, -0.25) is 4.98 Å². The first kappa shape index (κ1) is 11.7. The van der Waals surface area contributed by atoms with Crippen LogP contribution in [0.25, 0.3) is 10.9 Å². The number of aromatic nitrogens is 1. The number of fused-ring (bicyclic) bond motifs is 1. The van der Waals surface area contributed by atoms with Crippen molar-refractivity contribution < 1.29 is 9.13 Å². The smallest absolute Gasteiger partial charge is 0.123 e. The molecular weight excluding hydrogens is 241 g/mol. The summed E-state index contributed by atoms with van der Waals surface area (Å²) in [5, 5.41) is 1.08. The largest absolute Gasteiger partial charge is 0.489 e. The SMILES string of the molecule is Fc1ccc(OCc2ccnc3ccccc23)cc1. The van der Waals surface area contributed by atoms with E-state index in [2.05, 4.69) is 4.98 Å². The minimum Gasteiger partial charge on any atom is -0.489 e. The van der Waals surface area contributed by atoms with E-state index < -0.39 is 0 Å². The molecule has 3 aromatic rings. The average Bonchev–Trinajstić information content (AvgIpc) is 2.47. The Hall–Kier alpha value is -2.42. The van der Waals surface area contributed by atoms with Crippen LogP contribution in [0.3, 0.4) is 0 Å². The number of ether oxygens (including phenoxy) is 1. The highest BCUT2D eigenvalue weighted by atomic mass is 19.1. The lowest BCUT2D eigenvalue weighted by Gasteiger charge is -2.08. The molecule has 0 N–H and O–H groups in total. The molecule has 0 fully saturated rings. The minimum absolute atomic E-state index is 0.262. The van der Waals surface area contributed by atoms with Crippen LogP contribution in [0.4, 0.5) is 4.39 Å². The van der Waals surface area contributed by atoms with Crippen LogP contribution in [-0.4, -0.2) is 4.98 Å². The fourth-order valence-electron chi connectivity index (χ4n) is 1.97. The Kier molecular flexibility index (Phi) is 3.11. The highest BCUT2D eigenvalue weighted by Crippen LogP contribution is 2.19. The zero-order chi connectivity index (χ0) is 13.1. The van der Waals surface area contributed by atoms with Gasteiger partial charge in [0.2, 0.25) is 0 Å². The van der Waals surface area contributed by atoms with Crippen molar-refractivity contribution in [3.63, 3.8) is 0 Å². The van der Waals surface area contributed by atoms with Crippen molar-refractivity contribution in [2.24, 2.45) is 0 Å². The summed E-state index contributed by atoms with van der Waals surface area (Å²) in [6.45, 7) is 0.439. The van der Waals surface area contributed by atoms with Gasteiger partial charge in [-0.2, -0.15) is 0 Å². The van der Waals surface area contributed by atoms with Gasteiger partial charge >= 0.3 is 0 Å². The van der Waals surface area contributed by atoms with Gasteiger partial charge in [0.05, 0.1) is 5.52 Å². The lowest BCUT2D eigenvalue weighted by molar-refractivity contribution is 0.307. The van der Waals surface area contributed by atoms with Crippen LogP contribution in [0, 0.1) is 5.82 Å². The normalized spacial score (nSPS) is 10.6. The molecule has 0 saturated heterocycles. The van der Waals surface area contributed by atoms with Crippen molar-refractivity contribution in [3.8, 4) is 5.75 Å². The Labute approximate surface area is 110 Å². The summed E-state index contributed by atoms with van der Waals surface area (Å²) in [7, 11) is 0. The second kappa shape index (κ2) is 5.06. The molecule has 2 nitrogen and oxygen atoms in total. The summed E-state index contributed by atoms with van der Waals surface area (Å²) in [6.07, 6.45) is 1.77. The van der Waals surface area contributed by atoms with Crippen molar-refractivity contribution >= 4 is 10.9 Å². The number of nitrogens with zero attached hydrogens (tertiary/aromatic N) is 1. The maximum atomic E-state index is 12.8. The second-order valence-electron chi connectivity index (χ2n) is 4.23. The number of rotatable bonds is 3. The van der Waals surface area contributed by atoms with E-state index in [1.807, 2.05) is 30.3 Å². The average molecular weight is 253 g/mol. The van der Waals surface area contributed by atoms with Crippen LogP contribution in [-0.2, 0) is 6.61 Å². The number of para-hydroxylation sites is 1. The molecule has 2 aromatic carbocycles. The molecule has 0 atom stereocenters. The van der Waals surface area contributed by atoms with Crippen molar-refractivity contribution in [3.05, 3.63) is 72.2 Å². The van der Waals surface area contributed by atoms with Gasteiger partial charge in [-0.1, -0.05) is 18.2 Å². The molecule has 0 bridgehead atoms. The fourth-order valence-corrected chi connectivity index (χ4v) is 1.97. The van der Waals surface area contributed by atoms with Gasteiger partial charge in [0.15, 0.2) is 0 Å². The molecule has 0 aliphatic heterocycles. The Bertz CT molecular complexity index is 689. The third-order valence-electron chi connectivity index (χ3n) is 2.95. The van der Waals surface area contributed by atoms with E-state index in [-0.39, 0.29) is 5.82 Å². The standard InChI is InChI=1S/C16H12FNO/c17-13-5-7-14(8-6-13)19-11-12-9-10-18-16-4-2-1-3-15(12)16/h1-10H,11H2. The Morgan fingerprint density at radius 1 is 0.947 bits per heavy atom. The van der Waals surface area contributed by atoms with E-state index >= 15 is 0 Å². The van der Waals surface area contributed by atoms with Gasteiger partial charge in [0.25, 0.3) is 0 Å². The monoisotopic (exact) mass is 253 g/mol. The molecule has 0 aliphatic rings. The van der Waals surface area contributed by atoms with E-state index in [1.54, 1.807) is 18.3 Å². The molecule has 0 amide bonds. The Balaban J connectivity index is 1.84. The Morgan fingerprint density at radius 3 is 2.58 bits per heavy atom. The summed E-state index contributed by atoms with van der Waals surface area (Å²) in [4.78, 5) is 4.30. The summed E-state index contributed by atoms with van der Waals surface area (Å²) < 4.78 is 18.5. The number of hydrogen-bond donors (Lipinski definition) is 0. The molecule has 94 valence electrons. The fraction of sp³-hybridized carbons (Fsp3) is 0.0625. The molecule has 0 aliphatic carbocycles. The topological polar surface area (TPSA) is 22.1 Å². The quantitative estimate of drug-likeness (QED) is 0.705. The molecule has 0 unspecified atom stereocenters. The molecule has 0 spiro atoms. The van der Waals surface area contributed by atoms with Crippen LogP contribution in [0.2, 0.25) is 0 Å². The van der Waals surface area contributed by atoms with E-state index in [4.69, 9.17) is 4.74 Å². The van der Waals surface area contributed by atoms with Gasteiger partial charge in [0.1, 0.15) is 18.2 Å². The third kappa shape index (κ3) is 2.55. The van der Waals surface area contributed by atoms with E-state index in [0.29, 0.717) is 12.4 Å². The molecule has 1 aromatic heterocycles. The van der Waals surface area contributed by atoms with Gasteiger partial charge in [-0.15, -0.1) is 0 Å². The lowest BCUT2D eigenvalue weighted by atomic mass is 10.1. The van der Waals surface area contributed by atoms with E-state index in [0.717, 1.165) is 16.5 Å². The first-order chi connectivity index (χ1) is 9.33. The maximum Gasteiger partial charge on any atom is 0.123 e. The zero-order valence-corrected chi connectivity index (χ0v) is 10.2. The highest BCUT2D eigenvalue weighted by Gasteiger charge is 2.02.